The first-order chi connectivity index (χ1) is 13.2. The molecule has 0 unspecified atom stereocenters. The van der Waals surface area contributed by atoms with Crippen molar-refractivity contribution in [2.75, 3.05) is 5.75 Å². The van der Waals surface area contributed by atoms with Crippen LogP contribution in [0.3, 0.4) is 0 Å². The summed E-state index contributed by atoms with van der Waals surface area (Å²) in [7, 11) is 0. The van der Waals surface area contributed by atoms with Crippen LogP contribution in [0.25, 0.3) is 0 Å². The van der Waals surface area contributed by atoms with Gasteiger partial charge in [-0.1, -0.05) is 71.9 Å². The number of hydrogen-bond donors (Lipinski definition) is 0. The summed E-state index contributed by atoms with van der Waals surface area (Å²) in [6, 6.07) is 18.9. The largest absolute Gasteiger partial charge is 0.283 e. The van der Waals surface area contributed by atoms with E-state index in [2.05, 4.69) is 55.5 Å². The molecule has 0 aliphatic heterocycles. The maximum absolute atomic E-state index is 13.1. The Bertz CT molecular complexity index is 978. The van der Waals surface area contributed by atoms with Crippen LogP contribution in [0.1, 0.15) is 34.4 Å². The van der Waals surface area contributed by atoms with Gasteiger partial charge in [0.2, 0.25) is 0 Å². The molecule has 4 heteroatoms. The second-order valence-electron chi connectivity index (χ2n) is 7.13. The lowest BCUT2D eigenvalue weighted by Crippen LogP contribution is -2.27. The standard InChI is InChI=1S/C23H24N2OS/c1-17-10-12-19(13-11-17)16-25-22(26)20-8-5-9-21(20)24-23(25)27-15-14-18-6-3-2-4-7-18/h2-4,6-7,10-13H,5,8-9,14-16H2,1H3. The Balaban J connectivity index is 1.60. The molecule has 3 nitrogen and oxygen atoms in total. The van der Waals surface area contributed by atoms with Crippen LogP contribution in [0, 0.1) is 6.92 Å². The molecule has 138 valence electrons. The molecule has 1 heterocycles. The van der Waals surface area contributed by atoms with E-state index in [0.29, 0.717) is 6.54 Å². The Morgan fingerprint density at radius 1 is 1.00 bits per heavy atom. The van der Waals surface area contributed by atoms with Crippen molar-refractivity contribution in [1.29, 1.82) is 0 Å². The van der Waals surface area contributed by atoms with Gasteiger partial charge >= 0.3 is 0 Å². The SMILES string of the molecule is Cc1ccc(Cn2c(SCCc3ccccc3)nc3c(c2=O)CCC3)cc1. The third-order valence-electron chi connectivity index (χ3n) is 5.08. The molecule has 1 aliphatic carbocycles. The van der Waals surface area contributed by atoms with Gasteiger partial charge in [-0.2, -0.15) is 0 Å². The summed E-state index contributed by atoms with van der Waals surface area (Å²) >= 11 is 1.70. The molecule has 3 aromatic rings. The molecule has 0 saturated heterocycles. The van der Waals surface area contributed by atoms with E-state index in [0.717, 1.165) is 53.4 Å². The zero-order valence-electron chi connectivity index (χ0n) is 15.6. The van der Waals surface area contributed by atoms with Gasteiger partial charge in [-0.3, -0.25) is 9.36 Å². The summed E-state index contributed by atoms with van der Waals surface area (Å²) in [6.07, 6.45) is 3.81. The zero-order chi connectivity index (χ0) is 18.6. The third kappa shape index (κ3) is 4.16. The van der Waals surface area contributed by atoms with E-state index in [9.17, 15) is 4.79 Å². The zero-order valence-corrected chi connectivity index (χ0v) is 16.5. The average Bonchev–Trinajstić information content (AvgIpc) is 3.16. The molecule has 0 saturated carbocycles. The van der Waals surface area contributed by atoms with Crippen LogP contribution in [0.15, 0.2) is 64.5 Å². The van der Waals surface area contributed by atoms with Crippen LogP contribution in [0.4, 0.5) is 0 Å². The molecular weight excluding hydrogens is 352 g/mol. The first kappa shape index (κ1) is 18.1. The van der Waals surface area contributed by atoms with E-state index in [-0.39, 0.29) is 5.56 Å². The van der Waals surface area contributed by atoms with Gasteiger partial charge in [0.15, 0.2) is 5.16 Å². The number of thioether (sulfide) groups is 1. The minimum atomic E-state index is 0.153. The summed E-state index contributed by atoms with van der Waals surface area (Å²) in [4.78, 5) is 18.0. The van der Waals surface area contributed by atoms with Gasteiger partial charge in [-0.25, -0.2) is 4.98 Å². The molecule has 1 aromatic heterocycles. The van der Waals surface area contributed by atoms with Crippen LogP contribution in [0.2, 0.25) is 0 Å². The highest BCUT2D eigenvalue weighted by Gasteiger charge is 2.21. The number of fused-ring (bicyclic) bond motifs is 1. The van der Waals surface area contributed by atoms with Crippen molar-refractivity contribution in [3.8, 4) is 0 Å². The summed E-state index contributed by atoms with van der Waals surface area (Å²) in [5.74, 6) is 0.920. The van der Waals surface area contributed by atoms with Crippen LogP contribution < -0.4 is 5.56 Å². The van der Waals surface area contributed by atoms with Crippen molar-refractivity contribution in [3.05, 3.63) is 92.9 Å². The van der Waals surface area contributed by atoms with Gasteiger partial charge in [0.05, 0.1) is 12.2 Å². The van der Waals surface area contributed by atoms with Crippen molar-refractivity contribution in [1.82, 2.24) is 9.55 Å². The summed E-state index contributed by atoms with van der Waals surface area (Å²) in [5.41, 5.74) is 5.79. The number of aryl methyl sites for hydroxylation is 3. The highest BCUT2D eigenvalue weighted by Crippen LogP contribution is 2.23. The molecule has 0 amide bonds. The second kappa shape index (κ2) is 8.13. The quantitative estimate of drug-likeness (QED) is 0.472. The fourth-order valence-electron chi connectivity index (χ4n) is 3.54. The van der Waals surface area contributed by atoms with Crippen LogP contribution >= 0.6 is 11.8 Å². The lowest BCUT2D eigenvalue weighted by molar-refractivity contribution is 0.631. The maximum Gasteiger partial charge on any atom is 0.257 e. The Hall–Kier alpha value is -2.33. The van der Waals surface area contributed by atoms with E-state index < -0.39 is 0 Å². The lowest BCUT2D eigenvalue weighted by atomic mass is 10.1. The molecule has 0 spiro atoms. The number of aromatic nitrogens is 2. The summed E-state index contributed by atoms with van der Waals surface area (Å²) < 4.78 is 1.88. The molecule has 0 radical (unpaired) electrons. The van der Waals surface area contributed by atoms with E-state index in [1.165, 1.54) is 11.1 Å². The van der Waals surface area contributed by atoms with Crippen molar-refractivity contribution >= 4 is 11.8 Å². The monoisotopic (exact) mass is 376 g/mol. The predicted molar refractivity (Wildman–Crippen MR) is 112 cm³/mol. The topological polar surface area (TPSA) is 34.9 Å². The van der Waals surface area contributed by atoms with Gasteiger partial charge in [-0.05, 0) is 43.7 Å². The van der Waals surface area contributed by atoms with Crippen molar-refractivity contribution in [2.24, 2.45) is 0 Å². The van der Waals surface area contributed by atoms with Gasteiger partial charge in [0.25, 0.3) is 5.56 Å². The van der Waals surface area contributed by atoms with Gasteiger partial charge in [0.1, 0.15) is 0 Å². The van der Waals surface area contributed by atoms with Gasteiger partial charge < -0.3 is 0 Å². The average molecular weight is 377 g/mol. The second-order valence-corrected chi connectivity index (χ2v) is 8.20. The fourth-order valence-corrected chi connectivity index (χ4v) is 4.54. The Morgan fingerprint density at radius 3 is 2.56 bits per heavy atom. The third-order valence-corrected chi connectivity index (χ3v) is 6.06. The number of hydrogen-bond acceptors (Lipinski definition) is 3. The Kier molecular flexibility index (Phi) is 5.44. The number of benzene rings is 2. The predicted octanol–water partition coefficient (Wildman–Crippen LogP) is 4.42. The molecular formula is C23H24N2OS. The summed E-state index contributed by atoms with van der Waals surface area (Å²) in [6.45, 7) is 2.67. The van der Waals surface area contributed by atoms with Crippen molar-refractivity contribution in [3.63, 3.8) is 0 Å². The normalized spacial score (nSPS) is 12.9. The molecule has 4 rings (SSSR count). The number of rotatable bonds is 6. The van der Waals surface area contributed by atoms with Crippen molar-refractivity contribution in [2.45, 2.75) is 44.3 Å². The highest BCUT2D eigenvalue weighted by atomic mass is 32.2. The maximum atomic E-state index is 13.1. The molecule has 0 bridgehead atoms. The highest BCUT2D eigenvalue weighted by molar-refractivity contribution is 7.99. The lowest BCUT2D eigenvalue weighted by Gasteiger charge is -2.14. The van der Waals surface area contributed by atoms with Crippen LogP contribution in [-0.2, 0) is 25.8 Å². The smallest absolute Gasteiger partial charge is 0.257 e. The van der Waals surface area contributed by atoms with E-state index in [1.807, 2.05) is 10.6 Å². The van der Waals surface area contributed by atoms with Gasteiger partial charge in [-0.15, -0.1) is 0 Å². The first-order valence-corrected chi connectivity index (χ1v) is 10.5. The molecule has 27 heavy (non-hydrogen) atoms. The van der Waals surface area contributed by atoms with E-state index >= 15 is 0 Å². The Labute approximate surface area is 164 Å². The molecule has 0 N–H and O–H groups in total. The van der Waals surface area contributed by atoms with E-state index in [1.54, 1.807) is 11.8 Å². The van der Waals surface area contributed by atoms with Crippen LogP contribution in [0.5, 0.6) is 0 Å². The first-order valence-electron chi connectivity index (χ1n) is 9.55. The Morgan fingerprint density at radius 2 is 1.78 bits per heavy atom. The molecule has 0 atom stereocenters. The fraction of sp³-hybridized carbons (Fsp3) is 0.304. The molecule has 1 aliphatic rings. The minimum Gasteiger partial charge on any atom is -0.283 e. The van der Waals surface area contributed by atoms with E-state index in [4.69, 9.17) is 4.98 Å². The molecule has 0 fully saturated rings. The minimum absolute atomic E-state index is 0.153. The van der Waals surface area contributed by atoms with Gasteiger partial charge in [0, 0.05) is 11.3 Å². The number of nitrogens with zero attached hydrogens (tertiary/aromatic N) is 2. The molecule has 2 aromatic carbocycles. The summed E-state index contributed by atoms with van der Waals surface area (Å²) in [5, 5.41) is 0.858. The van der Waals surface area contributed by atoms with Crippen LogP contribution in [-0.4, -0.2) is 15.3 Å². The van der Waals surface area contributed by atoms with Crippen molar-refractivity contribution < 1.29 is 0 Å².